The second-order valence-electron chi connectivity index (χ2n) is 6.31. The Kier molecular flexibility index (Phi) is 5.69. The summed E-state index contributed by atoms with van der Waals surface area (Å²) in [6, 6.07) is 9.60. The fourth-order valence-corrected chi connectivity index (χ4v) is 4.57. The van der Waals surface area contributed by atoms with E-state index in [1.54, 1.807) is 31.2 Å². The van der Waals surface area contributed by atoms with Gasteiger partial charge < -0.3 is 10.1 Å². The van der Waals surface area contributed by atoms with Crippen molar-refractivity contribution in [3.63, 3.8) is 0 Å². The number of halogens is 1. The van der Waals surface area contributed by atoms with Crippen LogP contribution < -0.4 is 10.0 Å². The van der Waals surface area contributed by atoms with Crippen LogP contribution in [0.15, 0.2) is 36.4 Å². The van der Waals surface area contributed by atoms with Crippen LogP contribution in [-0.2, 0) is 21.4 Å². The molecule has 3 aromatic rings. The molecule has 0 atom stereocenters. The van der Waals surface area contributed by atoms with Crippen LogP contribution in [0.25, 0.3) is 10.1 Å². The summed E-state index contributed by atoms with van der Waals surface area (Å²) in [5.74, 6) is -0.823. The quantitative estimate of drug-likeness (QED) is 0.626. The Balaban J connectivity index is 1.97. The molecule has 0 aliphatic rings. The van der Waals surface area contributed by atoms with E-state index in [0.29, 0.717) is 37.5 Å². The number of ether oxygens (including phenoxy) is 1. The maximum Gasteiger partial charge on any atom is 0.266 e. The number of methoxy groups -OCH3 is 1. The van der Waals surface area contributed by atoms with Gasteiger partial charge in [0.25, 0.3) is 5.91 Å². The molecule has 0 aliphatic heterocycles. The molecule has 0 unspecified atom stereocenters. The zero-order valence-corrected chi connectivity index (χ0v) is 17.1. The van der Waals surface area contributed by atoms with Crippen LogP contribution in [0, 0.1) is 12.7 Å². The van der Waals surface area contributed by atoms with Crippen molar-refractivity contribution < 1.29 is 22.3 Å². The van der Waals surface area contributed by atoms with E-state index >= 15 is 0 Å². The lowest BCUT2D eigenvalue weighted by atomic mass is 10.1. The minimum absolute atomic E-state index is 0.0957. The maximum atomic E-state index is 14.3. The standard InChI is InChI=1S/C19H19FN2O4S2/c1-11-7-8-12(9-15(11)22-28(3,24)25)21-19(23)18-13(10-26-2)17-14(20)5-4-6-16(17)27-18/h4-9,22H,10H2,1-3H3,(H,21,23). The van der Waals surface area contributed by atoms with Crippen molar-refractivity contribution in [2.24, 2.45) is 0 Å². The van der Waals surface area contributed by atoms with Crippen molar-refractivity contribution in [1.29, 1.82) is 0 Å². The molecule has 0 saturated heterocycles. The number of hydrogen-bond acceptors (Lipinski definition) is 5. The molecule has 2 N–H and O–H groups in total. The van der Waals surface area contributed by atoms with Crippen molar-refractivity contribution in [1.82, 2.24) is 0 Å². The molecule has 0 spiro atoms. The molecular formula is C19H19FN2O4S2. The largest absolute Gasteiger partial charge is 0.380 e. The lowest BCUT2D eigenvalue weighted by molar-refractivity contribution is 0.102. The topological polar surface area (TPSA) is 84.5 Å². The molecule has 28 heavy (non-hydrogen) atoms. The van der Waals surface area contributed by atoms with Gasteiger partial charge in [0.1, 0.15) is 5.82 Å². The lowest BCUT2D eigenvalue weighted by Crippen LogP contribution is -2.14. The summed E-state index contributed by atoms with van der Waals surface area (Å²) in [7, 11) is -1.97. The van der Waals surface area contributed by atoms with Gasteiger partial charge in [0.05, 0.1) is 23.4 Å². The van der Waals surface area contributed by atoms with Gasteiger partial charge in [0.2, 0.25) is 10.0 Å². The van der Waals surface area contributed by atoms with Gasteiger partial charge in [-0.2, -0.15) is 0 Å². The fraction of sp³-hybridized carbons (Fsp3) is 0.211. The molecular weight excluding hydrogens is 403 g/mol. The van der Waals surface area contributed by atoms with Gasteiger partial charge in [-0.25, -0.2) is 12.8 Å². The normalized spacial score (nSPS) is 11.6. The van der Waals surface area contributed by atoms with Gasteiger partial charge >= 0.3 is 0 Å². The molecule has 148 valence electrons. The van der Waals surface area contributed by atoms with Crippen LogP contribution in [0.4, 0.5) is 15.8 Å². The third-order valence-corrected chi connectivity index (χ3v) is 5.84. The Bertz CT molecular complexity index is 1160. The highest BCUT2D eigenvalue weighted by Crippen LogP contribution is 2.34. The number of hydrogen-bond donors (Lipinski definition) is 2. The van der Waals surface area contributed by atoms with Crippen LogP contribution in [-0.4, -0.2) is 27.7 Å². The van der Waals surface area contributed by atoms with Crippen LogP contribution >= 0.6 is 11.3 Å². The Labute approximate surface area is 166 Å². The van der Waals surface area contributed by atoms with Crippen molar-refractivity contribution >= 4 is 48.7 Å². The molecule has 9 heteroatoms. The number of rotatable bonds is 6. The first kappa shape index (κ1) is 20.2. The van der Waals surface area contributed by atoms with Crippen LogP contribution in [0.2, 0.25) is 0 Å². The number of thiophene rings is 1. The number of aryl methyl sites for hydroxylation is 1. The molecule has 1 amide bonds. The minimum atomic E-state index is -3.45. The molecule has 1 aromatic heterocycles. The number of nitrogens with one attached hydrogen (secondary N) is 2. The number of carbonyl (C=O) groups excluding carboxylic acids is 1. The second-order valence-corrected chi connectivity index (χ2v) is 9.11. The highest BCUT2D eigenvalue weighted by Gasteiger charge is 2.21. The van der Waals surface area contributed by atoms with E-state index in [1.165, 1.54) is 30.6 Å². The van der Waals surface area contributed by atoms with E-state index in [9.17, 15) is 17.6 Å². The third kappa shape index (κ3) is 4.32. The average Bonchev–Trinajstić information content (AvgIpc) is 2.97. The summed E-state index contributed by atoms with van der Waals surface area (Å²) in [6.45, 7) is 1.85. The summed E-state index contributed by atoms with van der Waals surface area (Å²) in [4.78, 5) is 13.2. The summed E-state index contributed by atoms with van der Waals surface area (Å²) in [6.07, 6.45) is 1.06. The van der Waals surface area contributed by atoms with Gasteiger partial charge in [-0.3, -0.25) is 9.52 Å². The second kappa shape index (κ2) is 7.86. The highest BCUT2D eigenvalue weighted by molar-refractivity contribution is 7.92. The van der Waals surface area contributed by atoms with Crippen LogP contribution in [0.5, 0.6) is 0 Å². The number of fused-ring (bicyclic) bond motifs is 1. The molecule has 0 radical (unpaired) electrons. The Morgan fingerprint density at radius 1 is 1.25 bits per heavy atom. The fourth-order valence-electron chi connectivity index (χ4n) is 2.83. The molecule has 0 aliphatic carbocycles. The number of benzene rings is 2. The zero-order valence-electron chi connectivity index (χ0n) is 15.5. The molecule has 3 rings (SSSR count). The number of amides is 1. The first-order valence-corrected chi connectivity index (χ1v) is 11.0. The van der Waals surface area contributed by atoms with Crippen molar-refractivity contribution in [2.45, 2.75) is 13.5 Å². The van der Waals surface area contributed by atoms with E-state index in [4.69, 9.17) is 4.74 Å². The third-order valence-electron chi connectivity index (χ3n) is 4.05. The van der Waals surface area contributed by atoms with Crippen LogP contribution in [0.3, 0.4) is 0 Å². The van der Waals surface area contributed by atoms with Gasteiger partial charge in [-0.15, -0.1) is 11.3 Å². The smallest absolute Gasteiger partial charge is 0.266 e. The highest BCUT2D eigenvalue weighted by atomic mass is 32.2. The summed E-state index contributed by atoms with van der Waals surface area (Å²) < 4.78 is 45.5. The molecule has 0 saturated carbocycles. The monoisotopic (exact) mass is 422 g/mol. The summed E-state index contributed by atoms with van der Waals surface area (Å²) >= 11 is 1.18. The first-order chi connectivity index (χ1) is 13.2. The SMILES string of the molecule is COCc1c(C(=O)Nc2ccc(C)c(NS(C)(=O)=O)c2)sc2cccc(F)c12. The number of anilines is 2. The van der Waals surface area contributed by atoms with Gasteiger partial charge in [-0.05, 0) is 36.8 Å². The number of carbonyl (C=O) groups is 1. The summed E-state index contributed by atoms with van der Waals surface area (Å²) in [5.41, 5.74) is 2.00. The Morgan fingerprint density at radius 3 is 2.68 bits per heavy atom. The molecule has 1 heterocycles. The minimum Gasteiger partial charge on any atom is -0.380 e. The Morgan fingerprint density at radius 2 is 2.00 bits per heavy atom. The predicted molar refractivity (Wildman–Crippen MR) is 110 cm³/mol. The molecule has 0 bridgehead atoms. The molecule has 0 fully saturated rings. The average molecular weight is 423 g/mol. The van der Waals surface area contributed by atoms with Crippen molar-refractivity contribution in [3.05, 3.63) is 58.2 Å². The van der Waals surface area contributed by atoms with Gasteiger partial charge in [0, 0.05) is 28.4 Å². The van der Waals surface area contributed by atoms with Crippen LogP contribution in [0.1, 0.15) is 20.8 Å². The van der Waals surface area contributed by atoms with E-state index in [-0.39, 0.29) is 6.61 Å². The lowest BCUT2D eigenvalue weighted by Gasteiger charge is -2.11. The molecule has 2 aromatic carbocycles. The zero-order chi connectivity index (χ0) is 20.5. The van der Waals surface area contributed by atoms with Crippen molar-refractivity contribution in [3.8, 4) is 0 Å². The van der Waals surface area contributed by atoms with Gasteiger partial charge in [-0.1, -0.05) is 12.1 Å². The van der Waals surface area contributed by atoms with E-state index in [2.05, 4.69) is 10.0 Å². The maximum absolute atomic E-state index is 14.3. The molecule has 6 nitrogen and oxygen atoms in total. The van der Waals surface area contributed by atoms with E-state index in [1.807, 2.05) is 0 Å². The van der Waals surface area contributed by atoms with E-state index < -0.39 is 21.7 Å². The van der Waals surface area contributed by atoms with Crippen molar-refractivity contribution in [2.75, 3.05) is 23.4 Å². The van der Waals surface area contributed by atoms with Gasteiger partial charge in [0.15, 0.2) is 0 Å². The predicted octanol–water partition coefficient (Wildman–Crippen LogP) is 4.12. The summed E-state index contributed by atoms with van der Waals surface area (Å²) in [5, 5.41) is 3.13. The number of sulfonamides is 1. The first-order valence-electron chi connectivity index (χ1n) is 8.28. The Hall–Kier alpha value is -2.49. The van der Waals surface area contributed by atoms with E-state index in [0.717, 1.165) is 6.26 Å².